The molecule has 0 aliphatic carbocycles. The third kappa shape index (κ3) is 3.64. The molecule has 0 saturated heterocycles. The Morgan fingerprint density at radius 3 is 2.53 bits per heavy atom. The molecule has 0 aliphatic rings. The second-order valence-electron chi connectivity index (χ2n) is 3.94. The van der Waals surface area contributed by atoms with Crippen molar-refractivity contribution in [2.45, 2.75) is 0 Å². The fraction of sp³-hybridized carbons (Fsp3) is 0. The normalized spacial score (nSPS) is 10.3. The molecule has 0 N–H and O–H groups in total. The molecule has 0 radical (unpaired) electrons. The molecule has 0 aliphatic heterocycles. The highest BCUT2D eigenvalue weighted by atomic mass is 79.9. The fourth-order valence-corrected chi connectivity index (χ4v) is 1.98. The Hall–Kier alpha value is -2.18. The van der Waals surface area contributed by atoms with Crippen molar-refractivity contribution in [2.24, 2.45) is 0 Å². The predicted molar refractivity (Wildman–Crippen MR) is 78.7 cm³/mol. The first-order valence-electron chi connectivity index (χ1n) is 5.67. The van der Waals surface area contributed by atoms with E-state index in [1.807, 2.05) is 24.3 Å². The Labute approximate surface area is 120 Å². The summed E-state index contributed by atoms with van der Waals surface area (Å²) in [6.45, 7) is 0. The molecule has 2 aromatic rings. The topological polar surface area (TPSA) is 40.9 Å². The standard InChI is InChI=1S/C16H10BrNO/c17-15-3-1-2-14(10-15)16(19)9-8-12-4-6-13(11-18)7-5-12/h1-10H. The summed E-state index contributed by atoms with van der Waals surface area (Å²) in [5.74, 6) is -0.0503. The van der Waals surface area contributed by atoms with Gasteiger partial charge in [0.2, 0.25) is 0 Å². The molecule has 0 atom stereocenters. The number of benzene rings is 2. The third-order valence-corrected chi connectivity index (χ3v) is 3.07. The highest BCUT2D eigenvalue weighted by molar-refractivity contribution is 9.10. The zero-order valence-corrected chi connectivity index (χ0v) is 11.6. The molecule has 0 unspecified atom stereocenters. The number of rotatable bonds is 3. The molecule has 0 saturated carbocycles. The molecule has 0 bridgehead atoms. The SMILES string of the molecule is N#Cc1ccc(C=CC(=O)c2cccc(Br)c2)cc1. The molecule has 2 nitrogen and oxygen atoms in total. The largest absolute Gasteiger partial charge is 0.289 e. The van der Waals surface area contributed by atoms with Crippen LogP contribution in [0.4, 0.5) is 0 Å². The van der Waals surface area contributed by atoms with Crippen molar-refractivity contribution in [2.75, 3.05) is 0 Å². The Morgan fingerprint density at radius 1 is 1.16 bits per heavy atom. The minimum absolute atomic E-state index is 0.0503. The van der Waals surface area contributed by atoms with Crippen molar-refractivity contribution < 1.29 is 4.79 Å². The van der Waals surface area contributed by atoms with Crippen LogP contribution in [-0.2, 0) is 0 Å². The van der Waals surface area contributed by atoms with E-state index < -0.39 is 0 Å². The minimum atomic E-state index is -0.0503. The van der Waals surface area contributed by atoms with E-state index >= 15 is 0 Å². The van der Waals surface area contributed by atoms with Gasteiger partial charge in [0.05, 0.1) is 11.6 Å². The van der Waals surface area contributed by atoms with Crippen molar-refractivity contribution in [3.8, 4) is 6.07 Å². The maximum absolute atomic E-state index is 11.9. The van der Waals surface area contributed by atoms with E-state index in [0.29, 0.717) is 11.1 Å². The molecule has 3 heteroatoms. The van der Waals surface area contributed by atoms with E-state index in [1.54, 1.807) is 30.3 Å². The van der Waals surface area contributed by atoms with Gasteiger partial charge < -0.3 is 0 Å². The van der Waals surface area contributed by atoms with Gasteiger partial charge in [0.1, 0.15) is 0 Å². The van der Waals surface area contributed by atoms with E-state index in [4.69, 9.17) is 5.26 Å². The van der Waals surface area contributed by atoms with Crippen LogP contribution in [0.15, 0.2) is 59.1 Å². The predicted octanol–water partition coefficient (Wildman–Crippen LogP) is 4.22. The number of carbonyl (C=O) groups is 1. The number of nitrogens with zero attached hydrogens (tertiary/aromatic N) is 1. The summed E-state index contributed by atoms with van der Waals surface area (Å²) >= 11 is 3.34. The minimum Gasteiger partial charge on any atom is -0.289 e. The van der Waals surface area contributed by atoms with Gasteiger partial charge in [-0.3, -0.25) is 4.79 Å². The number of carbonyl (C=O) groups excluding carboxylic acids is 1. The van der Waals surface area contributed by atoms with Crippen LogP contribution < -0.4 is 0 Å². The number of nitriles is 1. The van der Waals surface area contributed by atoms with Gasteiger partial charge in [-0.2, -0.15) is 5.26 Å². The monoisotopic (exact) mass is 311 g/mol. The van der Waals surface area contributed by atoms with E-state index in [1.165, 1.54) is 6.08 Å². The van der Waals surface area contributed by atoms with Crippen molar-refractivity contribution in [3.63, 3.8) is 0 Å². The molecule has 0 spiro atoms. The number of hydrogen-bond donors (Lipinski definition) is 0. The summed E-state index contributed by atoms with van der Waals surface area (Å²) in [4.78, 5) is 11.9. The smallest absolute Gasteiger partial charge is 0.185 e. The van der Waals surface area contributed by atoms with Gasteiger partial charge in [-0.25, -0.2) is 0 Å². The molecule has 0 fully saturated rings. The third-order valence-electron chi connectivity index (χ3n) is 2.58. The quantitative estimate of drug-likeness (QED) is 0.629. The van der Waals surface area contributed by atoms with Gasteiger partial charge >= 0.3 is 0 Å². The van der Waals surface area contributed by atoms with Gasteiger partial charge in [-0.1, -0.05) is 46.3 Å². The van der Waals surface area contributed by atoms with Gasteiger partial charge in [-0.15, -0.1) is 0 Å². The molecular weight excluding hydrogens is 302 g/mol. The number of hydrogen-bond acceptors (Lipinski definition) is 2. The first-order chi connectivity index (χ1) is 9.19. The van der Waals surface area contributed by atoms with Gasteiger partial charge in [-0.05, 0) is 35.9 Å². The van der Waals surface area contributed by atoms with Gasteiger partial charge in [0.25, 0.3) is 0 Å². The van der Waals surface area contributed by atoms with Crippen LogP contribution in [0, 0.1) is 11.3 Å². The molecular formula is C16H10BrNO. The second kappa shape index (κ2) is 6.12. The second-order valence-corrected chi connectivity index (χ2v) is 4.86. The summed E-state index contributed by atoms with van der Waals surface area (Å²) in [6.07, 6.45) is 3.27. The summed E-state index contributed by atoms with van der Waals surface area (Å²) in [7, 11) is 0. The Kier molecular flexibility index (Phi) is 4.27. The highest BCUT2D eigenvalue weighted by Crippen LogP contribution is 2.13. The average molecular weight is 312 g/mol. The van der Waals surface area contributed by atoms with Crippen LogP contribution in [0.5, 0.6) is 0 Å². The first kappa shape index (κ1) is 13.3. The van der Waals surface area contributed by atoms with Crippen LogP contribution in [0.25, 0.3) is 6.08 Å². The van der Waals surface area contributed by atoms with Crippen molar-refractivity contribution in [3.05, 3.63) is 75.8 Å². The van der Waals surface area contributed by atoms with Crippen molar-refractivity contribution in [1.82, 2.24) is 0 Å². The highest BCUT2D eigenvalue weighted by Gasteiger charge is 2.01. The maximum atomic E-state index is 11.9. The number of halogens is 1. The molecule has 0 aromatic heterocycles. The van der Waals surface area contributed by atoms with Crippen LogP contribution in [0.3, 0.4) is 0 Å². The molecule has 2 aromatic carbocycles. The first-order valence-corrected chi connectivity index (χ1v) is 6.46. The molecule has 0 amide bonds. The van der Waals surface area contributed by atoms with Crippen LogP contribution >= 0.6 is 15.9 Å². The maximum Gasteiger partial charge on any atom is 0.185 e. The van der Waals surface area contributed by atoms with Crippen LogP contribution in [0.2, 0.25) is 0 Å². The molecule has 2 rings (SSSR count). The Morgan fingerprint density at radius 2 is 1.89 bits per heavy atom. The summed E-state index contributed by atoms with van der Waals surface area (Å²) < 4.78 is 0.880. The van der Waals surface area contributed by atoms with Crippen LogP contribution in [-0.4, -0.2) is 5.78 Å². The van der Waals surface area contributed by atoms with Crippen molar-refractivity contribution in [1.29, 1.82) is 5.26 Å². The lowest BCUT2D eigenvalue weighted by atomic mass is 10.1. The van der Waals surface area contributed by atoms with E-state index in [9.17, 15) is 4.79 Å². The lowest BCUT2D eigenvalue weighted by Gasteiger charge is -1.97. The molecule has 19 heavy (non-hydrogen) atoms. The van der Waals surface area contributed by atoms with E-state index in [-0.39, 0.29) is 5.78 Å². The number of allylic oxidation sites excluding steroid dienone is 1. The van der Waals surface area contributed by atoms with Gasteiger partial charge in [0.15, 0.2) is 5.78 Å². The Balaban J connectivity index is 2.14. The zero-order valence-electron chi connectivity index (χ0n) is 10.0. The molecule has 92 valence electrons. The number of ketones is 1. The summed E-state index contributed by atoms with van der Waals surface area (Å²) in [5.41, 5.74) is 2.14. The average Bonchev–Trinajstić information content (AvgIpc) is 2.45. The van der Waals surface area contributed by atoms with Gasteiger partial charge in [0, 0.05) is 10.0 Å². The summed E-state index contributed by atoms with van der Waals surface area (Å²) in [6, 6.07) is 16.4. The Bertz CT molecular complexity index is 666. The molecule has 0 heterocycles. The zero-order chi connectivity index (χ0) is 13.7. The fourth-order valence-electron chi connectivity index (χ4n) is 1.58. The lowest BCUT2D eigenvalue weighted by Crippen LogP contribution is -1.93. The van der Waals surface area contributed by atoms with E-state index in [2.05, 4.69) is 22.0 Å². The van der Waals surface area contributed by atoms with E-state index in [0.717, 1.165) is 10.0 Å². The van der Waals surface area contributed by atoms with Crippen LogP contribution in [0.1, 0.15) is 21.5 Å². The van der Waals surface area contributed by atoms with Crippen molar-refractivity contribution >= 4 is 27.8 Å². The lowest BCUT2D eigenvalue weighted by molar-refractivity contribution is 0.104. The summed E-state index contributed by atoms with van der Waals surface area (Å²) in [5, 5.41) is 8.69.